The van der Waals surface area contributed by atoms with Crippen LogP contribution < -0.4 is 5.32 Å². The van der Waals surface area contributed by atoms with Gasteiger partial charge in [0.25, 0.3) is 0 Å². The van der Waals surface area contributed by atoms with Crippen LogP contribution in [0.3, 0.4) is 0 Å². The Morgan fingerprint density at radius 3 is 2.42 bits per heavy atom. The zero-order chi connectivity index (χ0) is 14.3. The number of nitrogens with zero attached hydrogens (tertiary/aromatic N) is 1. The van der Waals surface area contributed by atoms with Gasteiger partial charge < -0.3 is 5.32 Å². The first kappa shape index (κ1) is 16.0. The standard InChI is InChI=1S/C14H24N2O2S/c1-4-5-6-9-12-15-13-10-7-8-11-14(13)19(17,18)16(2)3/h7-8,10-11,15H,4-6,9,12H2,1-3H3. The number of benzene rings is 1. The van der Waals surface area contributed by atoms with Crippen LogP contribution in [0.4, 0.5) is 5.69 Å². The molecule has 0 heterocycles. The predicted molar refractivity (Wildman–Crippen MR) is 79.9 cm³/mol. The molecule has 0 aromatic heterocycles. The highest BCUT2D eigenvalue weighted by atomic mass is 32.2. The van der Waals surface area contributed by atoms with Crippen LogP contribution >= 0.6 is 0 Å². The molecule has 0 unspecified atom stereocenters. The van der Waals surface area contributed by atoms with Crippen LogP contribution in [0.1, 0.15) is 32.6 Å². The summed E-state index contributed by atoms with van der Waals surface area (Å²) in [6.45, 7) is 2.98. The number of rotatable bonds is 8. The molecule has 0 fully saturated rings. The van der Waals surface area contributed by atoms with Crippen LogP contribution in [0.25, 0.3) is 0 Å². The van der Waals surface area contributed by atoms with E-state index < -0.39 is 10.0 Å². The highest BCUT2D eigenvalue weighted by Gasteiger charge is 2.20. The van der Waals surface area contributed by atoms with E-state index in [0.717, 1.165) is 13.0 Å². The van der Waals surface area contributed by atoms with Crippen LogP contribution in [0.2, 0.25) is 0 Å². The maximum absolute atomic E-state index is 12.2. The molecule has 5 heteroatoms. The summed E-state index contributed by atoms with van der Waals surface area (Å²) in [7, 11) is -0.286. The van der Waals surface area contributed by atoms with E-state index in [0.29, 0.717) is 10.6 Å². The fourth-order valence-corrected chi connectivity index (χ4v) is 2.87. The van der Waals surface area contributed by atoms with Gasteiger partial charge in [0, 0.05) is 20.6 Å². The van der Waals surface area contributed by atoms with Crippen molar-refractivity contribution in [1.29, 1.82) is 0 Å². The van der Waals surface area contributed by atoms with Gasteiger partial charge >= 0.3 is 0 Å². The fraction of sp³-hybridized carbons (Fsp3) is 0.571. The van der Waals surface area contributed by atoms with Crippen LogP contribution in [0.5, 0.6) is 0 Å². The third-order valence-electron chi connectivity index (χ3n) is 2.99. The number of para-hydroxylation sites is 1. The summed E-state index contributed by atoms with van der Waals surface area (Å²) in [6.07, 6.45) is 4.65. The molecule has 0 radical (unpaired) electrons. The third kappa shape index (κ3) is 4.51. The smallest absolute Gasteiger partial charge is 0.244 e. The lowest BCUT2D eigenvalue weighted by molar-refractivity contribution is 0.521. The lowest BCUT2D eigenvalue weighted by Crippen LogP contribution is -2.23. The van der Waals surface area contributed by atoms with Crippen molar-refractivity contribution in [3.63, 3.8) is 0 Å². The number of unbranched alkanes of at least 4 members (excludes halogenated alkanes) is 3. The molecule has 0 spiro atoms. The van der Waals surface area contributed by atoms with Gasteiger partial charge in [-0.05, 0) is 18.6 Å². The highest BCUT2D eigenvalue weighted by molar-refractivity contribution is 7.89. The summed E-state index contributed by atoms with van der Waals surface area (Å²) in [4.78, 5) is 0.343. The maximum Gasteiger partial charge on any atom is 0.244 e. The highest BCUT2D eigenvalue weighted by Crippen LogP contribution is 2.23. The van der Waals surface area contributed by atoms with Crippen molar-refractivity contribution >= 4 is 15.7 Å². The molecule has 19 heavy (non-hydrogen) atoms. The first-order valence-electron chi connectivity index (χ1n) is 6.75. The van der Waals surface area contributed by atoms with Gasteiger partial charge in [0.05, 0.1) is 5.69 Å². The molecule has 1 aromatic carbocycles. The molecule has 0 amide bonds. The van der Waals surface area contributed by atoms with Gasteiger partial charge in [-0.2, -0.15) is 0 Å². The van der Waals surface area contributed by atoms with Crippen LogP contribution in [0.15, 0.2) is 29.2 Å². The van der Waals surface area contributed by atoms with Crippen LogP contribution in [-0.4, -0.2) is 33.4 Å². The largest absolute Gasteiger partial charge is 0.384 e. The lowest BCUT2D eigenvalue weighted by Gasteiger charge is -2.16. The van der Waals surface area contributed by atoms with E-state index in [1.807, 2.05) is 12.1 Å². The summed E-state index contributed by atoms with van der Waals surface area (Å²) in [6, 6.07) is 7.06. The monoisotopic (exact) mass is 284 g/mol. The molecular weight excluding hydrogens is 260 g/mol. The quantitative estimate of drug-likeness (QED) is 0.747. The molecule has 4 nitrogen and oxygen atoms in total. The first-order valence-corrected chi connectivity index (χ1v) is 8.19. The molecule has 0 aliphatic rings. The van der Waals surface area contributed by atoms with E-state index in [1.54, 1.807) is 26.2 Å². The fourth-order valence-electron chi connectivity index (χ4n) is 1.81. The van der Waals surface area contributed by atoms with Crippen LogP contribution in [0, 0.1) is 0 Å². The molecule has 0 aliphatic heterocycles. The van der Waals surface area contributed by atoms with E-state index in [-0.39, 0.29) is 0 Å². The average molecular weight is 284 g/mol. The lowest BCUT2D eigenvalue weighted by atomic mass is 10.2. The van der Waals surface area contributed by atoms with Gasteiger partial charge in [0.2, 0.25) is 10.0 Å². The van der Waals surface area contributed by atoms with Gasteiger partial charge in [0.1, 0.15) is 4.90 Å². The van der Waals surface area contributed by atoms with Crippen molar-refractivity contribution in [3.05, 3.63) is 24.3 Å². The maximum atomic E-state index is 12.2. The van der Waals surface area contributed by atoms with Gasteiger partial charge in [-0.25, -0.2) is 12.7 Å². The minimum Gasteiger partial charge on any atom is -0.384 e. The van der Waals surface area contributed by atoms with Crippen molar-refractivity contribution in [2.45, 2.75) is 37.5 Å². The molecule has 0 aliphatic carbocycles. The molecule has 0 saturated carbocycles. The molecule has 0 atom stereocenters. The van der Waals surface area contributed by atoms with E-state index >= 15 is 0 Å². The molecule has 0 saturated heterocycles. The zero-order valence-corrected chi connectivity index (χ0v) is 12.8. The minimum atomic E-state index is -3.38. The Balaban J connectivity index is 2.74. The van der Waals surface area contributed by atoms with E-state index in [1.165, 1.54) is 23.6 Å². The van der Waals surface area contributed by atoms with Gasteiger partial charge in [0.15, 0.2) is 0 Å². The van der Waals surface area contributed by atoms with Crippen molar-refractivity contribution in [2.24, 2.45) is 0 Å². The summed E-state index contributed by atoms with van der Waals surface area (Å²) in [5.74, 6) is 0. The number of nitrogens with one attached hydrogen (secondary N) is 1. The van der Waals surface area contributed by atoms with Crippen molar-refractivity contribution < 1.29 is 8.42 Å². The number of hydrogen-bond acceptors (Lipinski definition) is 3. The van der Waals surface area contributed by atoms with Crippen molar-refractivity contribution in [1.82, 2.24) is 4.31 Å². The molecule has 1 aromatic rings. The Kier molecular flexibility index (Phi) is 6.31. The topological polar surface area (TPSA) is 49.4 Å². The summed E-state index contributed by atoms with van der Waals surface area (Å²) in [5, 5.41) is 3.23. The second kappa shape index (κ2) is 7.50. The Labute approximate surface area is 116 Å². The normalized spacial score (nSPS) is 11.8. The molecular formula is C14H24N2O2S. The third-order valence-corrected chi connectivity index (χ3v) is 4.86. The van der Waals surface area contributed by atoms with E-state index in [4.69, 9.17) is 0 Å². The second-order valence-corrected chi connectivity index (χ2v) is 6.89. The Hall–Kier alpha value is -1.07. The molecule has 108 valence electrons. The van der Waals surface area contributed by atoms with Gasteiger partial charge in [-0.15, -0.1) is 0 Å². The number of sulfonamides is 1. The number of anilines is 1. The Morgan fingerprint density at radius 2 is 1.79 bits per heavy atom. The van der Waals surface area contributed by atoms with Gasteiger partial charge in [-0.1, -0.05) is 38.3 Å². The summed E-state index contributed by atoms with van der Waals surface area (Å²) < 4.78 is 25.6. The minimum absolute atomic E-state index is 0.343. The second-order valence-electron chi connectivity index (χ2n) is 4.77. The number of hydrogen-bond donors (Lipinski definition) is 1. The van der Waals surface area contributed by atoms with Gasteiger partial charge in [-0.3, -0.25) is 0 Å². The van der Waals surface area contributed by atoms with E-state index in [9.17, 15) is 8.42 Å². The molecule has 0 bridgehead atoms. The zero-order valence-electron chi connectivity index (χ0n) is 12.0. The Morgan fingerprint density at radius 1 is 1.11 bits per heavy atom. The SMILES string of the molecule is CCCCCCNc1ccccc1S(=O)(=O)N(C)C. The molecule has 1 N–H and O–H groups in total. The molecule has 1 rings (SSSR count). The van der Waals surface area contributed by atoms with Crippen molar-refractivity contribution in [2.75, 3.05) is 26.0 Å². The van der Waals surface area contributed by atoms with E-state index in [2.05, 4.69) is 12.2 Å². The summed E-state index contributed by atoms with van der Waals surface area (Å²) in [5.41, 5.74) is 0.688. The first-order chi connectivity index (χ1) is 9.00. The average Bonchev–Trinajstić information content (AvgIpc) is 2.38. The Bertz CT molecular complexity index is 484. The van der Waals surface area contributed by atoms with Crippen LogP contribution in [-0.2, 0) is 10.0 Å². The predicted octanol–water partition coefficient (Wildman–Crippen LogP) is 2.93. The summed E-state index contributed by atoms with van der Waals surface area (Å²) >= 11 is 0. The van der Waals surface area contributed by atoms with Crippen molar-refractivity contribution in [3.8, 4) is 0 Å².